The molecule has 26 heavy (non-hydrogen) atoms. The summed E-state index contributed by atoms with van der Waals surface area (Å²) in [5.41, 5.74) is 0.536. The van der Waals surface area contributed by atoms with Crippen LogP contribution in [0.2, 0.25) is 0 Å². The number of nitrogens with one attached hydrogen (secondary N) is 1. The number of carbonyl (C=O) groups excluding carboxylic acids is 1. The summed E-state index contributed by atoms with van der Waals surface area (Å²) >= 11 is 0. The van der Waals surface area contributed by atoms with Crippen LogP contribution in [0.1, 0.15) is 11.1 Å². The SMILES string of the molecule is C=C1N=C(C(=O)NCc2ccc(F)c(C)c2)C=C(C(=O)O)N1/N=C\CF. The minimum absolute atomic E-state index is 0.103. The first-order chi connectivity index (χ1) is 12.3. The minimum atomic E-state index is -1.38. The summed E-state index contributed by atoms with van der Waals surface area (Å²) in [6, 6.07) is 4.40. The number of amides is 1. The van der Waals surface area contributed by atoms with Crippen LogP contribution in [0.5, 0.6) is 0 Å². The van der Waals surface area contributed by atoms with Gasteiger partial charge in [-0.25, -0.2) is 23.6 Å². The van der Waals surface area contributed by atoms with E-state index in [1.165, 1.54) is 12.1 Å². The molecule has 7 nitrogen and oxygen atoms in total. The lowest BCUT2D eigenvalue weighted by atomic mass is 10.1. The number of carboxylic acid groups (broad SMARTS) is 1. The van der Waals surface area contributed by atoms with E-state index >= 15 is 0 Å². The molecule has 136 valence electrons. The average molecular weight is 362 g/mol. The fourth-order valence-corrected chi connectivity index (χ4v) is 2.15. The highest BCUT2D eigenvalue weighted by Crippen LogP contribution is 2.19. The molecule has 0 bridgehead atoms. The summed E-state index contributed by atoms with van der Waals surface area (Å²) in [7, 11) is 0. The number of alkyl halides is 1. The Bertz CT molecular complexity index is 846. The molecule has 1 aromatic rings. The maximum atomic E-state index is 13.3. The Balaban J connectivity index is 2.15. The first-order valence-electron chi connectivity index (χ1n) is 7.48. The number of hydrazone groups is 1. The van der Waals surface area contributed by atoms with E-state index in [9.17, 15) is 23.5 Å². The van der Waals surface area contributed by atoms with Crippen molar-refractivity contribution in [1.29, 1.82) is 0 Å². The van der Waals surface area contributed by atoms with Crippen LogP contribution in [0.25, 0.3) is 0 Å². The number of carbonyl (C=O) groups is 2. The van der Waals surface area contributed by atoms with E-state index < -0.39 is 24.2 Å². The molecule has 1 aliphatic heterocycles. The van der Waals surface area contributed by atoms with Crippen molar-refractivity contribution in [3.05, 3.63) is 59.3 Å². The van der Waals surface area contributed by atoms with Crippen molar-refractivity contribution in [3.8, 4) is 0 Å². The van der Waals surface area contributed by atoms with E-state index in [4.69, 9.17) is 0 Å². The van der Waals surface area contributed by atoms with Gasteiger partial charge in [0.15, 0.2) is 5.70 Å². The molecule has 0 aliphatic carbocycles. The molecular formula is C17H16F2N4O3. The predicted octanol–water partition coefficient (Wildman–Crippen LogP) is 1.90. The zero-order valence-corrected chi connectivity index (χ0v) is 13.9. The molecule has 2 N–H and O–H groups in total. The molecule has 0 unspecified atom stereocenters. The maximum absolute atomic E-state index is 13.3. The molecule has 0 fully saturated rings. The first-order valence-corrected chi connectivity index (χ1v) is 7.48. The Hall–Kier alpha value is -3.36. The summed E-state index contributed by atoms with van der Waals surface area (Å²) in [5, 5.41) is 16.2. The third-order valence-corrected chi connectivity index (χ3v) is 3.39. The highest BCUT2D eigenvalue weighted by atomic mass is 19.1. The predicted molar refractivity (Wildman–Crippen MR) is 91.6 cm³/mol. The van der Waals surface area contributed by atoms with Crippen molar-refractivity contribution in [1.82, 2.24) is 10.3 Å². The van der Waals surface area contributed by atoms with Gasteiger partial charge in [-0.05, 0) is 24.1 Å². The standard InChI is InChI=1S/C17H16F2N4O3/c1-10-7-12(3-4-13(10)19)9-20-16(24)14-8-15(17(25)26)23(11(2)22-14)21-6-5-18/h3-4,6-8H,2,5,9H2,1H3,(H,20,24)(H,25,26)/b21-6-. The lowest BCUT2D eigenvalue weighted by molar-refractivity contribution is -0.134. The monoisotopic (exact) mass is 362 g/mol. The second kappa shape index (κ2) is 8.15. The van der Waals surface area contributed by atoms with Gasteiger partial charge in [0.25, 0.3) is 5.91 Å². The molecule has 1 amide bonds. The fourth-order valence-electron chi connectivity index (χ4n) is 2.15. The van der Waals surface area contributed by atoms with Crippen LogP contribution in [0.4, 0.5) is 8.78 Å². The molecule has 0 saturated heterocycles. The zero-order valence-electron chi connectivity index (χ0n) is 13.9. The Labute approximate surface area is 148 Å². The topological polar surface area (TPSA) is 94.4 Å². The molecule has 0 radical (unpaired) electrons. The van der Waals surface area contributed by atoms with E-state index in [0.717, 1.165) is 17.3 Å². The summed E-state index contributed by atoms with van der Waals surface area (Å²) in [6.45, 7) is 4.34. The van der Waals surface area contributed by atoms with Gasteiger partial charge >= 0.3 is 5.97 Å². The normalized spacial score (nSPS) is 14.3. The lowest BCUT2D eigenvalue weighted by Crippen LogP contribution is -2.34. The molecule has 9 heteroatoms. The Morgan fingerprint density at radius 3 is 2.81 bits per heavy atom. The summed E-state index contributed by atoms with van der Waals surface area (Å²) in [6.07, 6.45) is 1.86. The second-order valence-electron chi connectivity index (χ2n) is 5.28. The largest absolute Gasteiger partial charge is 0.477 e. The third kappa shape index (κ3) is 4.38. The van der Waals surface area contributed by atoms with Gasteiger partial charge in [0.05, 0.1) is 6.21 Å². The van der Waals surface area contributed by atoms with Crippen molar-refractivity contribution >= 4 is 23.8 Å². The number of benzene rings is 1. The quantitative estimate of drug-likeness (QED) is 0.756. The van der Waals surface area contributed by atoms with Gasteiger partial charge in [-0.15, -0.1) is 0 Å². The smallest absolute Gasteiger partial charge is 0.354 e. The van der Waals surface area contributed by atoms with Crippen LogP contribution in [0.3, 0.4) is 0 Å². The van der Waals surface area contributed by atoms with E-state index in [2.05, 4.69) is 22.0 Å². The van der Waals surface area contributed by atoms with E-state index in [1.807, 2.05) is 0 Å². The fraction of sp³-hybridized carbons (Fsp3) is 0.176. The lowest BCUT2D eigenvalue weighted by Gasteiger charge is -2.22. The van der Waals surface area contributed by atoms with Crippen LogP contribution < -0.4 is 5.32 Å². The third-order valence-electron chi connectivity index (χ3n) is 3.39. The van der Waals surface area contributed by atoms with E-state index in [0.29, 0.717) is 11.1 Å². The van der Waals surface area contributed by atoms with Crippen LogP contribution in [0.15, 0.2) is 52.5 Å². The van der Waals surface area contributed by atoms with Crippen LogP contribution >= 0.6 is 0 Å². The Kier molecular flexibility index (Phi) is 5.94. The number of aliphatic imine (C=N–C) groups is 1. The highest BCUT2D eigenvalue weighted by molar-refractivity contribution is 6.44. The van der Waals surface area contributed by atoms with Crippen molar-refractivity contribution in [2.75, 3.05) is 6.67 Å². The molecule has 1 aliphatic rings. The molecule has 1 heterocycles. The molecule has 0 aromatic heterocycles. The van der Waals surface area contributed by atoms with Crippen LogP contribution in [-0.4, -0.2) is 40.6 Å². The van der Waals surface area contributed by atoms with Crippen molar-refractivity contribution in [3.63, 3.8) is 0 Å². The molecule has 1 aromatic carbocycles. The van der Waals surface area contributed by atoms with E-state index in [1.54, 1.807) is 13.0 Å². The number of hydrogen-bond donors (Lipinski definition) is 2. The first kappa shape index (κ1) is 19.0. The van der Waals surface area contributed by atoms with Crippen molar-refractivity contribution in [2.45, 2.75) is 13.5 Å². The average Bonchev–Trinajstić information content (AvgIpc) is 2.60. The molecule has 0 saturated carbocycles. The van der Waals surface area contributed by atoms with Crippen LogP contribution in [0, 0.1) is 12.7 Å². The number of aliphatic carboxylic acids is 1. The Morgan fingerprint density at radius 1 is 1.46 bits per heavy atom. The zero-order chi connectivity index (χ0) is 19.3. The number of hydrogen-bond acceptors (Lipinski definition) is 5. The number of aryl methyl sites for hydroxylation is 1. The summed E-state index contributed by atoms with van der Waals surface area (Å²) < 4.78 is 25.5. The van der Waals surface area contributed by atoms with Crippen molar-refractivity contribution in [2.24, 2.45) is 10.1 Å². The number of halogens is 2. The number of rotatable bonds is 6. The van der Waals surface area contributed by atoms with Gasteiger partial charge in [0.2, 0.25) is 0 Å². The van der Waals surface area contributed by atoms with Crippen molar-refractivity contribution < 1.29 is 23.5 Å². The van der Waals surface area contributed by atoms with Gasteiger partial charge in [-0.2, -0.15) is 5.10 Å². The molecule has 0 atom stereocenters. The second-order valence-corrected chi connectivity index (χ2v) is 5.28. The minimum Gasteiger partial charge on any atom is -0.477 e. The summed E-state index contributed by atoms with van der Waals surface area (Å²) in [5.74, 6) is -2.51. The Morgan fingerprint density at radius 2 is 2.19 bits per heavy atom. The van der Waals surface area contributed by atoms with Gasteiger partial charge in [0.1, 0.15) is 24.0 Å². The highest BCUT2D eigenvalue weighted by Gasteiger charge is 2.26. The molecular weight excluding hydrogens is 346 g/mol. The number of nitrogens with zero attached hydrogens (tertiary/aromatic N) is 3. The van der Waals surface area contributed by atoms with E-state index in [-0.39, 0.29) is 23.9 Å². The molecule has 0 spiro atoms. The van der Waals surface area contributed by atoms with Gasteiger partial charge < -0.3 is 10.4 Å². The van der Waals surface area contributed by atoms with Gasteiger partial charge in [0, 0.05) is 12.6 Å². The maximum Gasteiger partial charge on any atom is 0.354 e. The van der Waals surface area contributed by atoms with Gasteiger partial charge in [-0.3, -0.25) is 4.79 Å². The molecule has 2 rings (SSSR count). The summed E-state index contributed by atoms with van der Waals surface area (Å²) in [4.78, 5) is 27.5. The van der Waals surface area contributed by atoms with Gasteiger partial charge in [-0.1, -0.05) is 18.7 Å². The van der Waals surface area contributed by atoms with Crippen LogP contribution in [-0.2, 0) is 16.1 Å². The number of carboxylic acids is 1.